The molecular formula is C16H23N3O3S. The summed E-state index contributed by atoms with van der Waals surface area (Å²) in [5.74, 6) is 0.105. The molecule has 1 aromatic rings. The Morgan fingerprint density at radius 2 is 1.83 bits per heavy atom. The van der Waals surface area contributed by atoms with Crippen molar-refractivity contribution >= 4 is 21.7 Å². The van der Waals surface area contributed by atoms with Gasteiger partial charge in [0.1, 0.15) is 0 Å². The topological polar surface area (TPSA) is 69.7 Å². The van der Waals surface area contributed by atoms with Gasteiger partial charge in [-0.3, -0.25) is 0 Å². The molecule has 23 heavy (non-hydrogen) atoms. The van der Waals surface area contributed by atoms with Gasteiger partial charge in [-0.25, -0.2) is 13.2 Å². The average Bonchev–Trinajstić information content (AvgIpc) is 3.02. The summed E-state index contributed by atoms with van der Waals surface area (Å²) in [4.78, 5) is 14.0. The lowest BCUT2D eigenvalue weighted by Crippen LogP contribution is -2.51. The van der Waals surface area contributed by atoms with E-state index in [1.165, 1.54) is 21.9 Å². The van der Waals surface area contributed by atoms with Crippen LogP contribution in [-0.4, -0.2) is 55.6 Å². The maximum Gasteiger partial charge on any atom is 0.321 e. The summed E-state index contributed by atoms with van der Waals surface area (Å²) >= 11 is 0. The maximum atomic E-state index is 12.3. The summed E-state index contributed by atoms with van der Waals surface area (Å²) in [6, 6.07) is 5.93. The third kappa shape index (κ3) is 3.50. The summed E-state index contributed by atoms with van der Waals surface area (Å²) in [6.45, 7) is 3.23. The first-order valence-electron chi connectivity index (χ1n) is 8.15. The van der Waals surface area contributed by atoms with Gasteiger partial charge in [0.2, 0.25) is 10.0 Å². The van der Waals surface area contributed by atoms with Gasteiger partial charge in [0.15, 0.2) is 0 Å². The minimum atomic E-state index is -3.16. The highest BCUT2D eigenvalue weighted by molar-refractivity contribution is 7.89. The van der Waals surface area contributed by atoms with E-state index in [-0.39, 0.29) is 11.8 Å². The number of rotatable bonds is 3. The van der Waals surface area contributed by atoms with Crippen molar-refractivity contribution in [2.24, 2.45) is 0 Å². The Morgan fingerprint density at radius 1 is 1.13 bits per heavy atom. The Balaban J connectivity index is 1.58. The molecule has 3 rings (SSSR count). The van der Waals surface area contributed by atoms with Gasteiger partial charge >= 0.3 is 6.03 Å². The van der Waals surface area contributed by atoms with Gasteiger partial charge in [0.25, 0.3) is 0 Å². The van der Waals surface area contributed by atoms with Crippen LogP contribution < -0.4 is 5.32 Å². The second-order valence-corrected chi connectivity index (χ2v) is 8.31. The van der Waals surface area contributed by atoms with Crippen molar-refractivity contribution in [3.8, 4) is 0 Å². The van der Waals surface area contributed by atoms with Gasteiger partial charge in [-0.2, -0.15) is 4.31 Å². The first-order valence-corrected chi connectivity index (χ1v) is 9.76. The van der Waals surface area contributed by atoms with Crippen LogP contribution in [0.4, 0.5) is 10.5 Å². The number of nitrogens with one attached hydrogen (secondary N) is 1. The number of carbonyl (C=O) groups is 1. The Kier molecular flexibility index (Phi) is 4.59. The lowest BCUT2D eigenvalue weighted by atomic mass is 10.1. The summed E-state index contributed by atoms with van der Waals surface area (Å²) < 4.78 is 25.1. The first kappa shape index (κ1) is 16.3. The molecular weight excluding hydrogens is 314 g/mol. The monoisotopic (exact) mass is 337 g/mol. The minimum Gasteiger partial charge on any atom is -0.322 e. The number of anilines is 1. The second-order valence-electron chi connectivity index (χ2n) is 6.05. The van der Waals surface area contributed by atoms with Crippen molar-refractivity contribution in [3.63, 3.8) is 0 Å². The minimum absolute atomic E-state index is 0.105. The van der Waals surface area contributed by atoms with E-state index in [0.29, 0.717) is 26.2 Å². The molecule has 0 spiro atoms. The van der Waals surface area contributed by atoms with E-state index in [9.17, 15) is 13.2 Å². The number of hydrogen-bond donors (Lipinski definition) is 1. The fraction of sp³-hybridized carbons (Fsp3) is 0.562. The molecule has 2 aliphatic rings. The molecule has 1 N–H and O–H groups in total. The van der Waals surface area contributed by atoms with Crippen LogP contribution in [-0.2, 0) is 22.9 Å². The van der Waals surface area contributed by atoms with Crippen molar-refractivity contribution < 1.29 is 13.2 Å². The highest BCUT2D eigenvalue weighted by Crippen LogP contribution is 2.25. The number of benzene rings is 1. The molecule has 7 heteroatoms. The normalized spacial score (nSPS) is 18.7. The zero-order chi connectivity index (χ0) is 16.4. The highest BCUT2D eigenvalue weighted by Gasteiger charge is 2.27. The smallest absolute Gasteiger partial charge is 0.321 e. The fourth-order valence-corrected chi connectivity index (χ4v) is 4.29. The van der Waals surface area contributed by atoms with Crippen molar-refractivity contribution in [1.29, 1.82) is 0 Å². The van der Waals surface area contributed by atoms with Gasteiger partial charge in [0.05, 0.1) is 5.75 Å². The number of piperazine rings is 1. The van der Waals surface area contributed by atoms with Crippen LogP contribution in [0.5, 0.6) is 0 Å². The Morgan fingerprint density at radius 3 is 2.52 bits per heavy atom. The Bertz CT molecular complexity index is 695. The van der Waals surface area contributed by atoms with Crippen LogP contribution in [0.3, 0.4) is 0 Å². The SMILES string of the molecule is CCS(=O)(=O)N1CCN(C(=O)Nc2ccc3c(c2)CCC3)CC1. The van der Waals surface area contributed by atoms with E-state index in [4.69, 9.17) is 0 Å². The number of aryl methyl sites for hydroxylation is 2. The second kappa shape index (κ2) is 6.49. The molecule has 1 aliphatic carbocycles. The van der Waals surface area contributed by atoms with Crippen LogP contribution in [0.15, 0.2) is 18.2 Å². The summed E-state index contributed by atoms with van der Waals surface area (Å²) in [7, 11) is -3.16. The van der Waals surface area contributed by atoms with Crippen molar-refractivity contribution in [1.82, 2.24) is 9.21 Å². The number of nitrogens with zero attached hydrogens (tertiary/aromatic N) is 2. The third-order valence-corrected chi connectivity index (χ3v) is 6.52. The lowest BCUT2D eigenvalue weighted by molar-refractivity contribution is 0.184. The van der Waals surface area contributed by atoms with E-state index in [0.717, 1.165) is 18.5 Å². The van der Waals surface area contributed by atoms with Gasteiger partial charge in [-0.15, -0.1) is 0 Å². The quantitative estimate of drug-likeness (QED) is 0.912. The van der Waals surface area contributed by atoms with Gasteiger partial charge in [0, 0.05) is 31.9 Å². The number of sulfonamides is 1. The molecule has 0 atom stereocenters. The predicted octanol–water partition coefficient (Wildman–Crippen LogP) is 1.67. The van der Waals surface area contributed by atoms with Crippen LogP contribution >= 0.6 is 0 Å². The molecule has 126 valence electrons. The molecule has 0 radical (unpaired) electrons. The van der Waals surface area contributed by atoms with Crippen LogP contribution in [0.25, 0.3) is 0 Å². The molecule has 1 fully saturated rings. The third-order valence-electron chi connectivity index (χ3n) is 4.63. The maximum absolute atomic E-state index is 12.3. The van der Waals surface area contributed by atoms with Gasteiger partial charge < -0.3 is 10.2 Å². The number of urea groups is 1. The summed E-state index contributed by atoms with van der Waals surface area (Å²) in [5.41, 5.74) is 3.52. The van der Waals surface area contributed by atoms with E-state index >= 15 is 0 Å². The molecule has 1 aromatic carbocycles. The molecule has 2 amide bonds. The van der Waals surface area contributed by atoms with Crippen molar-refractivity contribution in [2.45, 2.75) is 26.2 Å². The largest absolute Gasteiger partial charge is 0.322 e. The van der Waals surface area contributed by atoms with Gasteiger partial charge in [-0.05, 0) is 49.4 Å². The predicted molar refractivity (Wildman–Crippen MR) is 90.1 cm³/mol. The molecule has 6 nitrogen and oxygen atoms in total. The summed E-state index contributed by atoms with van der Waals surface area (Å²) in [5, 5.41) is 2.93. The summed E-state index contributed by atoms with van der Waals surface area (Å²) in [6.07, 6.45) is 3.38. The van der Waals surface area contributed by atoms with E-state index in [2.05, 4.69) is 17.4 Å². The molecule has 0 bridgehead atoms. The van der Waals surface area contributed by atoms with Crippen LogP contribution in [0.1, 0.15) is 24.5 Å². The molecule has 1 saturated heterocycles. The highest BCUT2D eigenvalue weighted by atomic mass is 32.2. The number of amides is 2. The Hall–Kier alpha value is -1.60. The molecule has 0 saturated carbocycles. The van der Waals surface area contributed by atoms with Crippen LogP contribution in [0.2, 0.25) is 0 Å². The van der Waals surface area contributed by atoms with Crippen molar-refractivity contribution in [3.05, 3.63) is 29.3 Å². The first-order chi connectivity index (χ1) is 11.0. The van der Waals surface area contributed by atoms with Crippen molar-refractivity contribution in [2.75, 3.05) is 37.2 Å². The zero-order valence-corrected chi connectivity index (χ0v) is 14.2. The molecule has 1 heterocycles. The number of fused-ring (bicyclic) bond motifs is 1. The molecule has 0 aromatic heterocycles. The zero-order valence-electron chi connectivity index (χ0n) is 13.4. The van der Waals surface area contributed by atoms with Gasteiger partial charge in [-0.1, -0.05) is 6.07 Å². The fourth-order valence-electron chi connectivity index (χ4n) is 3.20. The van der Waals surface area contributed by atoms with E-state index < -0.39 is 10.0 Å². The average molecular weight is 337 g/mol. The van der Waals surface area contributed by atoms with E-state index in [1.807, 2.05) is 6.07 Å². The molecule has 1 aliphatic heterocycles. The van der Waals surface area contributed by atoms with Crippen LogP contribution in [0, 0.1) is 0 Å². The van der Waals surface area contributed by atoms with E-state index in [1.54, 1.807) is 11.8 Å². The Labute approximate surface area is 137 Å². The molecule has 0 unspecified atom stereocenters. The standard InChI is InChI=1S/C16H23N3O3S/c1-2-23(21,22)19-10-8-18(9-11-19)16(20)17-15-7-6-13-4-3-5-14(13)12-15/h6-7,12H,2-5,8-11H2,1H3,(H,17,20). The number of carbonyl (C=O) groups excluding carboxylic acids is 1. The number of hydrogen-bond acceptors (Lipinski definition) is 3. The lowest BCUT2D eigenvalue weighted by Gasteiger charge is -2.33.